The molecule has 0 aliphatic carbocycles. The molecule has 188 valence electrons. The van der Waals surface area contributed by atoms with Crippen LogP contribution in [0.3, 0.4) is 0 Å². The topological polar surface area (TPSA) is 103 Å². The van der Waals surface area contributed by atoms with Crippen LogP contribution >= 0.6 is 0 Å². The van der Waals surface area contributed by atoms with E-state index < -0.39 is 11.4 Å². The molecule has 1 N–H and O–H groups in total. The second-order valence-corrected chi connectivity index (χ2v) is 9.55. The first-order valence-corrected chi connectivity index (χ1v) is 12.4. The van der Waals surface area contributed by atoms with Crippen LogP contribution in [0.15, 0.2) is 47.3 Å². The number of nitrogens with one attached hydrogen (secondary N) is 1. The number of nitrogens with zero attached hydrogens (tertiary/aromatic N) is 6. The van der Waals surface area contributed by atoms with Gasteiger partial charge in [0.1, 0.15) is 16.9 Å². The van der Waals surface area contributed by atoms with E-state index in [2.05, 4.69) is 37.2 Å². The van der Waals surface area contributed by atoms with Crippen LogP contribution in [0, 0.1) is 24.1 Å². The number of aryl methyl sites for hydroxylation is 1. The van der Waals surface area contributed by atoms with Gasteiger partial charge in [-0.3, -0.25) is 14.8 Å². The van der Waals surface area contributed by atoms with Crippen LogP contribution in [0.2, 0.25) is 0 Å². The molecule has 4 heterocycles. The van der Waals surface area contributed by atoms with E-state index in [-0.39, 0.29) is 11.3 Å². The van der Waals surface area contributed by atoms with E-state index in [1.54, 1.807) is 6.92 Å². The van der Waals surface area contributed by atoms with Crippen LogP contribution < -0.4 is 10.5 Å². The highest BCUT2D eigenvalue weighted by atomic mass is 19.1. The second-order valence-electron chi connectivity index (χ2n) is 9.55. The van der Waals surface area contributed by atoms with Crippen molar-refractivity contribution in [3.05, 3.63) is 69.8 Å². The maximum atomic E-state index is 14.9. The fourth-order valence-corrected chi connectivity index (χ4v) is 5.30. The molecule has 0 spiro atoms. The second kappa shape index (κ2) is 9.42. The average molecular weight is 500 g/mol. The van der Waals surface area contributed by atoms with E-state index in [0.717, 1.165) is 67.8 Å². The molecule has 37 heavy (non-hydrogen) atoms. The van der Waals surface area contributed by atoms with Crippen LogP contribution in [-0.4, -0.2) is 70.3 Å². The third-order valence-electron chi connectivity index (χ3n) is 7.28. The summed E-state index contributed by atoms with van der Waals surface area (Å²) in [5, 5.41) is 20.9. The van der Waals surface area contributed by atoms with E-state index in [1.165, 1.54) is 12.1 Å². The molecule has 0 bridgehead atoms. The number of piperazine rings is 1. The van der Waals surface area contributed by atoms with Gasteiger partial charge in [-0.15, -0.1) is 0 Å². The van der Waals surface area contributed by atoms with Gasteiger partial charge in [-0.05, 0) is 43.2 Å². The lowest BCUT2D eigenvalue weighted by atomic mass is 10.1. The number of fused-ring (bicyclic) bond motifs is 1. The first-order chi connectivity index (χ1) is 18.0. The molecule has 2 aromatic carbocycles. The lowest BCUT2D eigenvalue weighted by Gasteiger charge is -2.38. The highest BCUT2D eigenvalue weighted by molar-refractivity contribution is 5.89. The predicted molar refractivity (Wildman–Crippen MR) is 137 cm³/mol. The van der Waals surface area contributed by atoms with Gasteiger partial charge in [0.05, 0.1) is 23.8 Å². The lowest BCUT2D eigenvalue weighted by molar-refractivity contribution is 0.139. The highest BCUT2D eigenvalue weighted by Gasteiger charge is 2.27. The van der Waals surface area contributed by atoms with Gasteiger partial charge >= 0.3 is 0 Å². The highest BCUT2D eigenvalue weighted by Crippen LogP contribution is 2.28. The molecule has 2 fully saturated rings. The zero-order valence-corrected chi connectivity index (χ0v) is 20.4. The Bertz CT molecular complexity index is 1530. The normalized spacial score (nSPS) is 18.4. The Morgan fingerprint density at radius 2 is 1.92 bits per heavy atom. The lowest BCUT2D eigenvalue weighted by Crippen LogP contribution is -2.50. The Morgan fingerprint density at radius 3 is 2.59 bits per heavy atom. The van der Waals surface area contributed by atoms with Crippen molar-refractivity contribution in [3.8, 4) is 23.0 Å². The minimum absolute atomic E-state index is 0.0247. The largest absolute Gasteiger partial charge is 0.380 e. The van der Waals surface area contributed by atoms with Gasteiger partial charge in [0.2, 0.25) is 0 Å². The van der Waals surface area contributed by atoms with E-state index in [4.69, 9.17) is 10.00 Å². The predicted octanol–water partition coefficient (Wildman–Crippen LogP) is 3.01. The number of halogens is 1. The van der Waals surface area contributed by atoms with Crippen molar-refractivity contribution >= 4 is 16.7 Å². The molecule has 1 unspecified atom stereocenters. The number of rotatable bonds is 4. The Labute approximate surface area is 212 Å². The number of hydrogen-bond donors (Lipinski definition) is 1. The Hall–Kier alpha value is -4.07. The van der Waals surface area contributed by atoms with Gasteiger partial charge in [-0.25, -0.2) is 4.39 Å². The molecule has 6 rings (SSSR count). The van der Waals surface area contributed by atoms with Crippen LogP contribution in [-0.2, 0) is 4.74 Å². The number of benzene rings is 2. The fraction of sp³-hybridized carbons (Fsp3) is 0.333. The first-order valence-electron chi connectivity index (χ1n) is 12.4. The number of hydrogen-bond acceptors (Lipinski definition) is 7. The van der Waals surface area contributed by atoms with Gasteiger partial charge in [-0.2, -0.15) is 20.1 Å². The maximum absolute atomic E-state index is 14.9. The van der Waals surface area contributed by atoms with Gasteiger partial charge in [0.25, 0.3) is 5.56 Å². The summed E-state index contributed by atoms with van der Waals surface area (Å²) < 4.78 is 21.4. The van der Waals surface area contributed by atoms with E-state index in [9.17, 15) is 9.18 Å². The van der Waals surface area contributed by atoms with Gasteiger partial charge < -0.3 is 9.64 Å². The molecule has 1 atom stereocenters. The van der Waals surface area contributed by atoms with E-state index in [0.29, 0.717) is 28.3 Å². The molecule has 0 radical (unpaired) electrons. The molecule has 2 aromatic heterocycles. The molecular formula is C27H26FN7O2. The van der Waals surface area contributed by atoms with Crippen molar-refractivity contribution in [1.82, 2.24) is 24.9 Å². The zero-order valence-electron chi connectivity index (χ0n) is 20.4. The summed E-state index contributed by atoms with van der Waals surface area (Å²) in [5.74, 6) is -0.680. The van der Waals surface area contributed by atoms with E-state index in [1.807, 2.05) is 18.2 Å². The summed E-state index contributed by atoms with van der Waals surface area (Å²) in [7, 11) is 0. The van der Waals surface area contributed by atoms with Crippen LogP contribution in [0.5, 0.6) is 0 Å². The van der Waals surface area contributed by atoms with Gasteiger partial charge in [0.15, 0.2) is 5.82 Å². The van der Waals surface area contributed by atoms with Crippen molar-refractivity contribution in [3.63, 3.8) is 0 Å². The maximum Gasteiger partial charge on any atom is 0.273 e. The number of H-pyrrole nitrogens is 1. The summed E-state index contributed by atoms with van der Waals surface area (Å²) in [6.07, 6.45) is 1.12. The molecule has 10 heteroatoms. The fourth-order valence-electron chi connectivity index (χ4n) is 5.30. The van der Waals surface area contributed by atoms with Crippen molar-refractivity contribution in [2.24, 2.45) is 0 Å². The third kappa shape index (κ3) is 4.26. The third-order valence-corrected chi connectivity index (χ3v) is 7.28. The molecule has 0 amide bonds. The summed E-state index contributed by atoms with van der Waals surface area (Å²) in [4.78, 5) is 17.7. The molecular weight excluding hydrogens is 473 g/mol. The minimum atomic E-state index is -0.680. The summed E-state index contributed by atoms with van der Waals surface area (Å²) >= 11 is 0. The minimum Gasteiger partial charge on any atom is -0.380 e. The van der Waals surface area contributed by atoms with Gasteiger partial charge in [-0.1, -0.05) is 12.1 Å². The molecule has 9 nitrogen and oxygen atoms in total. The monoisotopic (exact) mass is 499 g/mol. The number of ether oxygens (including phenoxy) is 1. The van der Waals surface area contributed by atoms with E-state index >= 15 is 0 Å². The summed E-state index contributed by atoms with van der Waals surface area (Å²) in [6.45, 7) is 7.31. The number of anilines is 1. The van der Waals surface area contributed by atoms with Crippen molar-refractivity contribution in [1.29, 1.82) is 5.26 Å². The first kappa shape index (κ1) is 23.3. The molecule has 2 saturated heterocycles. The van der Waals surface area contributed by atoms with Crippen LogP contribution in [0.4, 0.5) is 10.1 Å². The summed E-state index contributed by atoms with van der Waals surface area (Å²) in [5.41, 5.74) is 3.66. The molecule has 2 aliphatic rings. The van der Waals surface area contributed by atoms with Crippen molar-refractivity contribution < 1.29 is 9.13 Å². The molecule has 4 aromatic rings. The van der Waals surface area contributed by atoms with Crippen LogP contribution in [0.1, 0.15) is 17.5 Å². The smallest absolute Gasteiger partial charge is 0.273 e. The van der Waals surface area contributed by atoms with Crippen molar-refractivity contribution in [2.75, 3.05) is 44.3 Å². The Morgan fingerprint density at radius 1 is 1.14 bits per heavy atom. The number of aromatic amines is 1. The van der Waals surface area contributed by atoms with Crippen LogP contribution in [0.25, 0.3) is 28.0 Å². The van der Waals surface area contributed by atoms with Crippen molar-refractivity contribution in [2.45, 2.75) is 19.4 Å². The number of aromatic nitrogens is 4. The zero-order chi connectivity index (χ0) is 25.5. The average Bonchev–Trinajstić information content (AvgIpc) is 3.59. The molecule has 0 saturated carbocycles. The Kier molecular flexibility index (Phi) is 5.94. The summed E-state index contributed by atoms with van der Waals surface area (Å²) in [6, 6.07) is 14.6. The van der Waals surface area contributed by atoms with Gasteiger partial charge in [0, 0.05) is 56.1 Å². The standard InChI is InChI=1S/C27H26FN7O2/c1-17-12-18(15-29)13-22(28)27(17)35-24(36)14-23-26(32-35)25(31-30-23)19-2-4-20(5-3-19)33-7-9-34(10-8-33)21-6-11-37-16-21/h2-5,12-14,21,30H,6-11,16H2,1H3. The molecule has 2 aliphatic heterocycles. The quantitative estimate of drug-likeness (QED) is 0.460. The number of nitriles is 1. The Balaban J connectivity index is 1.28. The SMILES string of the molecule is Cc1cc(C#N)cc(F)c1-n1nc2c(-c3ccc(N4CCN(C5CCOC5)CC4)cc3)n[nH]c2cc1=O.